The van der Waals surface area contributed by atoms with Gasteiger partial charge in [0, 0.05) is 18.3 Å². The third-order valence-electron chi connectivity index (χ3n) is 4.04. The predicted molar refractivity (Wildman–Crippen MR) is 84.1 cm³/mol. The second-order valence-corrected chi connectivity index (χ2v) is 5.80. The molecule has 4 nitrogen and oxygen atoms in total. The molecule has 1 fully saturated rings. The molecule has 2 N–H and O–H groups in total. The van der Waals surface area contributed by atoms with Gasteiger partial charge in [-0.25, -0.2) is 4.98 Å². The van der Waals surface area contributed by atoms with Crippen molar-refractivity contribution in [3.63, 3.8) is 0 Å². The van der Waals surface area contributed by atoms with Crippen LogP contribution >= 0.6 is 0 Å². The van der Waals surface area contributed by atoms with Crippen molar-refractivity contribution in [2.75, 3.05) is 4.90 Å². The highest BCUT2D eigenvalue weighted by molar-refractivity contribution is 5.49. The lowest BCUT2D eigenvalue weighted by molar-refractivity contribution is 0.499. The molecule has 0 aromatic carbocycles. The van der Waals surface area contributed by atoms with Crippen molar-refractivity contribution in [2.24, 2.45) is 5.73 Å². The van der Waals surface area contributed by atoms with Crippen LogP contribution in [0.25, 0.3) is 0 Å². The number of anilines is 1. The van der Waals surface area contributed by atoms with Gasteiger partial charge in [0.2, 0.25) is 0 Å². The molecule has 2 heterocycles. The van der Waals surface area contributed by atoms with Crippen LogP contribution in [-0.2, 0) is 13.0 Å². The van der Waals surface area contributed by atoms with E-state index in [1.165, 1.54) is 18.4 Å². The molecule has 0 saturated heterocycles. The van der Waals surface area contributed by atoms with E-state index in [1.807, 2.05) is 24.4 Å². The van der Waals surface area contributed by atoms with Crippen molar-refractivity contribution in [3.8, 4) is 0 Å². The largest absolute Gasteiger partial charge is 0.467 e. The monoisotopic (exact) mass is 285 g/mol. The van der Waals surface area contributed by atoms with Gasteiger partial charge in [0.05, 0.1) is 12.8 Å². The van der Waals surface area contributed by atoms with E-state index < -0.39 is 0 Å². The summed E-state index contributed by atoms with van der Waals surface area (Å²) in [7, 11) is 0. The molecule has 2 aromatic heterocycles. The van der Waals surface area contributed by atoms with Gasteiger partial charge in [0.15, 0.2) is 0 Å². The van der Waals surface area contributed by atoms with E-state index in [1.54, 1.807) is 6.26 Å². The summed E-state index contributed by atoms with van der Waals surface area (Å²) < 4.78 is 5.51. The van der Waals surface area contributed by atoms with E-state index in [0.717, 1.165) is 31.0 Å². The Bertz CT molecular complexity index is 563. The van der Waals surface area contributed by atoms with Crippen molar-refractivity contribution >= 4 is 5.82 Å². The van der Waals surface area contributed by atoms with E-state index in [0.29, 0.717) is 6.04 Å². The number of hydrogen-bond donors (Lipinski definition) is 1. The Balaban J connectivity index is 1.85. The van der Waals surface area contributed by atoms with Gasteiger partial charge in [-0.2, -0.15) is 0 Å². The standard InChI is InChI=1S/C17H23N3O/c1-2-14(18)11-13-5-3-9-19-17(13)20(15-7-8-15)12-16-6-4-10-21-16/h3-6,9-10,14-15H,2,7-8,11-12,18H2,1H3. The van der Waals surface area contributed by atoms with Gasteiger partial charge < -0.3 is 15.1 Å². The van der Waals surface area contributed by atoms with Crippen LogP contribution in [0.3, 0.4) is 0 Å². The molecular weight excluding hydrogens is 262 g/mol. The molecule has 112 valence electrons. The number of rotatable bonds is 7. The van der Waals surface area contributed by atoms with Gasteiger partial charge in [-0.1, -0.05) is 13.0 Å². The second-order valence-electron chi connectivity index (χ2n) is 5.80. The molecular formula is C17H23N3O. The summed E-state index contributed by atoms with van der Waals surface area (Å²) in [5.41, 5.74) is 7.38. The quantitative estimate of drug-likeness (QED) is 0.849. The summed E-state index contributed by atoms with van der Waals surface area (Å²) in [6.45, 7) is 2.91. The van der Waals surface area contributed by atoms with Crippen LogP contribution in [0.2, 0.25) is 0 Å². The van der Waals surface area contributed by atoms with Crippen LogP contribution in [-0.4, -0.2) is 17.1 Å². The van der Waals surface area contributed by atoms with Crippen LogP contribution in [0.1, 0.15) is 37.5 Å². The summed E-state index contributed by atoms with van der Waals surface area (Å²) in [4.78, 5) is 7.01. The maximum Gasteiger partial charge on any atom is 0.132 e. The lowest BCUT2D eigenvalue weighted by Gasteiger charge is -2.25. The molecule has 0 bridgehead atoms. The third kappa shape index (κ3) is 3.45. The molecule has 0 aliphatic heterocycles. The lowest BCUT2D eigenvalue weighted by Crippen LogP contribution is -2.29. The van der Waals surface area contributed by atoms with Crippen LogP contribution in [0.15, 0.2) is 41.1 Å². The number of aromatic nitrogens is 1. The van der Waals surface area contributed by atoms with Crippen molar-refractivity contribution in [2.45, 2.75) is 51.2 Å². The van der Waals surface area contributed by atoms with Crippen molar-refractivity contribution in [3.05, 3.63) is 48.0 Å². The third-order valence-corrected chi connectivity index (χ3v) is 4.04. The lowest BCUT2D eigenvalue weighted by atomic mass is 10.0. The van der Waals surface area contributed by atoms with E-state index in [9.17, 15) is 0 Å². The Morgan fingerprint density at radius 1 is 1.38 bits per heavy atom. The van der Waals surface area contributed by atoms with Crippen molar-refractivity contribution < 1.29 is 4.42 Å². The van der Waals surface area contributed by atoms with Gasteiger partial charge >= 0.3 is 0 Å². The van der Waals surface area contributed by atoms with Crippen LogP contribution in [0, 0.1) is 0 Å². The molecule has 1 aliphatic carbocycles. The van der Waals surface area contributed by atoms with Crippen LogP contribution in [0.4, 0.5) is 5.82 Å². The molecule has 1 unspecified atom stereocenters. The zero-order valence-corrected chi connectivity index (χ0v) is 12.5. The fourth-order valence-corrected chi connectivity index (χ4v) is 2.61. The second kappa shape index (κ2) is 6.31. The first-order chi connectivity index (χ1) is 10.3. The highest BCUT2D eigenvalue weighted by Crippen LogP contribution is 2.34. The summed E-state index contributed by atoms with van der Waals surface area (Å²) in [5.74, 6) is 2.05. The van der Waals surface area contributed by atoms with Gasteiger partial charge in [0.25, 0.3) is 0 Å². The maximum atomic E-state index is 6.14. The van der Waals surface area contributed by atoms with E-state index in [2.05, 4.69) is 22.9 Å². The highest BCUT2D eigenvalue weighted by Gasteiger charge is 2.31. The van der Waals surface area contributed by atoms with Gasteiger partial charge in [-0.15, -0.1) is 0 Å². The SMILES string of the molecule is CCC(N)Cc1cccnc1N(Cc1ccco1)C1CC1. The number of nitrogens with zero attached hydrogens (tertiary/aromatic N) is 2. The van der Waals surface area contributed by atoms with E-state index in [-0.39, 0.29) is 6.04 Å². The Labute approximate surface area is 126 Å². The number of furan rings is 1. The molecule has 1 atom stereocenters. The zero-order valence-electron chi connectivity index (χ0n) is 12.5. The smallest absolute Gasteiger partial charge is 0.132 e. The van der Waals surface area contributed by atoms with Gasteiger partial charge in [0.1, 0.15) is 11.6 Å². The minimum absolute atomic E-state index is 0.192. The van der Waals surface area contributed by atoms with Crippen molar-refractivity contribution in [1.82, 2.24) is 4.98 Å². The minimum Gasteiger partial charge on any atom is -0.467 e. The first-order valence-electron chi connectivity index (χ1n) is 7.76. The fourth-order valence-electron chi connectivity index (χ4n) is 2.61. The topological polar surface area (TPSA) is 55.3 Å². The van der Waals surface area contributed by atoms with Crippen molar-refractivity contribution in [1.29, 1.82) is 0 Å². The van der Waals surface area contributed by atoms with Crippen LogP contribution in [0.5, 0.6) is 0 Å². The normalized spacial score (nSPS) is 15.9. The maximum absolute atomic E-state index is 6.14. The summed E-state index contributed by atoms with van der Waals surface area (Å²) in [6, 6.07) is 8.89. The van der Waals surface area contributed by atoms with E-state index >= 15 is 0 Å². The zero-order chi connectivity index (χ0) is 14.7. The molecule has 0 spiro atoms. The Kier molecular flexibility index (Phi) is 4.25. The molecule has 1 saturated carbocycles. The molecule has 21 heavy (non-hydrogen) atoms. The van der Waals surface area contributed by atoms with Gasteiger partial charge in [-0.3, -0.25) is 0 Å². The molecule has 3 rings (SSSR count). The summed E-state index contributed by atoms with van der Waals surface area (Å²) >= 11 is 0. The Morgan fingerprint density at radius 3 is 2.90 bits per heavy atom. The Morgan fingerprint density at radius 2 is 2.24 bits per heavy atom. The molecule has 0 radical (unpaired) electrons. The van der Waals surface area contributed by atoms with Gasteiger partial charge in [-0.05, 0) is 49.4 Å². The first-order valence-corrected chi connectivity index (χ1v) is 7.76. The predicted octanol–water partition coefficient (Wildman–Crippen LogP) is 3.12. The average Bonchev–Trinajstić information content (AvgIpc) is 3.22. The van der Waals surface area contributed by atoms with Crippen LogP contribution < -0.4 is 10.6 Å². The Hall–Kier alpha value is -1.81. The fraction of sp³-hybridized carbons (Fsp3) is 0.471. The molecule has 1 aliphatic rings. The number of nitrogens with two attached hydrogens (primary N) is 1. The number of hydrogen-bond acceptors (Lipinski definition) is 4. The number of pyridine rings is 1. The molecule has 0 amide bonds. The first kappa shape index (κ1) is 14.1. The minimum atomic E-state index is 0.192. The summed E-state index contributed by atoms with van der Waals surface area (Å²) in [6.07, 6.45) is 7.92. The average molecular weight is 285 g/mol. The summed E-state index contributed by atoms with van der Waals surface area (Å²) in [5, 5.41) is 0. The molecule has 4 heteroatoms. The van der Waals surface area contributed by atoms with E-state index in [4.69, 9.17) is 10.2 Å². The highest BCUT2D eigenvalue weighted by atomic mass is 16.3. The molecule has 2 aromatic rings.